The molecule has 0 radical (unpaired) electrons. The Labute approximate surface area is 359 Å². The summed E-state index contributed by atoms with van der Waals surface area (Å²) in [4.78, 5) is 25.3. The molecule has 0 saturated heterocycles. The number of carbonyl (C=O) groups is 2. The monoisotopic (exact) mass is 809 g/mol. The second kappa shape index (κ2) is 48.7. The fourth-order valence-electron chi connectivity index (χ4n) is 6.66. The van der Waals surface area contributed by atoms with Gasteiger partial charge in [0, 0.05) is 19.4 Å². The molecule has 0 amide bonds. The molecule has 0 saturated carbocycles. The molecule has 0 aromatic rings. The standard InChI is InChI=1S/C53H92O5/c1-4-7-10-13-16-19-22-24-26-27-29-30-32-34-37-40-43-46-52(54)57-50-51(49-56-48-45-42-39-36-21-18-15-12-9-6-3)58-53(55)47-44-41-38-35-33-31-28-25-23-20-17-14-11-8-5-2/h7-8,10-11,16-17,19-20,24-26,28,51H,4-6,9,12-15,18,21-23,27,29-50H2,1-3H3/b10-7-,11-8-,19-16-,20-17-,26-24-,28-25-. The fourth-order valence-corrected chi connectivity index (χ4v) is 6.66. The number of rotatable bonds is 44. The van der Waals surface area contributed by atoms with Gasteiger partial charge in [-0.15, -0.1) is 0 Å². The highest BCUT2D eigenvalue weighted by Crippen LogP contribution is 2.14. The van der Waals surface area contributed by atoms with Crippen LogP contribution in [0.5, 0.6) is 0 Å². The van der Waals surface area contributed by atoms with E-state index in [1.54, 1.807) is 0 Å². The van der Waals surface area contributed by atoms with Gasteiger partial charge in [-0.3, -0.25) is 9.59 Å². The second-order valence-electron chi connectivity index (χ2n) is 16.0. The van der Waals surface area contributed by atoms with E-state index in [0.717, 1.165) is 103 Å². The van der Waals surface area contributed by atoms with Crippen molar-refractivity contribution in [1.82, 2.24) is 0 Å². The summed E-state index contributed by atoms with van der Waals surface area (Å²) in [6.45, 7) is 7.58. The van der Waals surface area contributed by atoms with Crippen LogP contribution >= 0.6 is 0 Å². The smallest absolute Gasteiger partial charge is 0.306 e. The normalized spacial score (nSPS) is 12.8. The van der Waals surface area contributed by atoms with Crippen LogP contribution in [0.4, 0.5) is 0 Å². The average molecular weight is 809 g/mol. The third kappa shape index (κ3) is 46.0. The van der Waals surface area contributed by atoms with Gasteiger partial charge in [-0.05, 0) is 83.5 Å². The number of hydrogen-bond donors (Lipinski definition) is 0. The van der Waals surface area contributed by atoms with E-state index in [1.807, 2.05) is 0 Å². The quantitative estimate of drug-likeness (QED) is 0.0348. The molecule has 0 aliphatic carbocycles. The first-order valence-corrected chi connectivity index (χ1v) is 24.5. The van der Waals surface area contributed by atoms with E-state index in [4.69, 9.17) is 14.2 Å². The number of hydrogen-bond acceptors (Lipinski definition) is 5. The van der Waals surface area contributed by atoms with Gasteiger partial charge in [0.1, 0.15) is 6.61 Å². The molecule has 0 aromatic carbocycles. The molecule has 0 aliphatic heterocycles. The Balaban J connectivity index is 4.27. The molecule has 58 heavy (non-hydrogen) atoms. The molecule has 0 N–H and O–H groups in total. The predicted octanol–water partition coefficient (Wildman–Crippen LogP) is 16.3. The fraction of sp³-hybridized carbons (Fsp3) is 0.736. The molecule has 5 heteroatoms. The van der Waals surface area contributed by atoms with Crippen molar-refractivity contribution < 1.29 is 23.8 Å². The summed E-state index contributed by atoms with van der Waals surface area (Å²) in [6, 6.07) is 0. The molecule has 0 bridgehead atoms. The maximum atomic E-state index is 12.8. The summed E-state index contributed by atoms with van der Waals surface area (Å²) in [7, 11) is 0. The number of ether oxygens (including phenoxy) is 3. The lowest BCUT2D eigenvalue weighted by Crippen LogP contribution is -2.30. The third-order valence-electron chi connectivity index (χ3n) is 10.2. The molecule has 0 heterocycles. The van der Waals surface area contributed by atoms with Crippen molar-refractivity contribution in [3.8, 4) is 0 Å². The van der Waals surface area contributed by atoms with Gasteiger partial charge in [0.15, 0.2) is 6.10 Å². The van der Waals surface area contributed by atoms with E-state index in [9.17, 15) is 9.59 Å². The van der Waals surface area contributed by atoms with Gasteiger partial charge in [0.2, 0.25) is 0 Å². The highest BCUT2D eigenvalue weighted by molar-refractivity contribution is 5.70. The largest absolute Gasteiger partial charge is 0.462 e. The van der Waals surface area contributed by atoms with Crippen molar-refractivity contribution in [2.24, 2.45) is 0 Å². The number of esters is 2. The van der Waals surface area contributed by atoms with Gasteiger partial charge in [-0.1, -0.05) is 203 Å². The summed E-state index contributed by atoms with van der Waals surface area (Å²) in [6.07, 6.45) is 61.9. The van der Waals surface area contributed by atoms with Gasteiger partial charge in [-0.2, -0.15) is 0 Å². The minimum Gasteiger partial charge on any atom is -0.462 e. The van der Waals surface area contributed by atoms with Crippen LogP contribution in [-0.4, -0.2) is 37.9 Å². The lowest BCUT2D eigenvalue weighted by Gasteiger charge is -2.18. The first-order valence-electron chi connectivity index (χ1n) is 24.5. The van der Waals surface area contributed by atoms with Crippen LogP contribution in [0.1, 0.15) is 226 Å². The third-order valence-corrected chi connectivity index (χ3v) is 10.2. The van der Waals surface area contributed by atoms with Crippen LogP contribution in [0, 0.1) is 0 Å². The molecule has 0 fully saturated rings. The SMILES string of the molecule is CC/C=C\C/C=C\C/C=C\CCCCCCCCCC(=O)OCC(COCCCCCCCCCCCC)OC(=O)CCCCCCC/C=C\C/C=C\C/C=C\CC. The molecule has 0 rings (SSSR count). The van der Waals surface area contributed by atoms with Crippen molar-refractivity contribution in [2.75, 3.05) is 19.8 Å². The van der Waals surface area contributed by atoms with E-state index in [0.29, 0.717) is 19.4 Å². The molecule has 1 unspecified atom stereocenters. The summed E-state index contributed by atoms with van der Waals surface area (Å²) < 4.78 is 17.3. The maximum Gasteiger partial charge on any atom is 0.306 e. The van der Waals surface area contributed by atoms with Crippen LogP contribution in [0.25, 0.3) is 0 Å². The van der Waals surface area contributed by atoms with Crippen LogP contribution in [-0.2, 0) is 23.8 Å². The highest BCUT2D eigenvalue weighted by atomic mass is 16.6. The first-order chi connectivity index (χ1) is 28.6. The molecule has 0 aliphatic rings. The van der Waals surface area contributed by atoms with E-state index >= 15 is 0 Å². The Kier molecular flexibility index (Phi) is 46.5. The molecular formula is C53H92O5. The molecule has 0 aromatic heterocycles. The van der Waals surface area contributed by atoms with Crippen molar-refractivity contribution in [1.29, 1.82) is 0 Å². The Morgan fingerprint density at radius 2 is 0.776 bits per heavy atom. The van der Waals surface area contributed by atoms with E-state index in [2.05, 4.69) is 93.7 Å². The van der Waals surface area contributed by atoms with Gasteiger partial charge < -0.3 is 14.2 Å². The Morgan fingerprint density at radius 1 is 0.397 bits per heavy atom. The van der Waals surface area contributed by atoms with Crippen molar-refractivity contribution in [2.45, 2.75) is 232 Å². The Bertz CT molecular complexity index is 1050. The highest BCUT2D eigenvalue weighted by Gasteiger charge is 2.17. The van der Waals surface area contributed by atoms with Crippen molar-refractivity contribution in [3.63, 3.8) is 0 Å². The lowest BCUT2D eigenvalue weighted by molar-refractivity contribution is -0.163. The second-order valence-corrected chi connectivity index (χ2v) is 16.0. The molecule has 0 spiro atoms. The van der Waals surface area contributed by atoms with E-state index in [-0.39, 0.29) is 25.2 Å². The number of unbranched alkanes of at least 4 members (excludes halogenated alkanes) is 21. The predicted molar refractivity (Wildman–Crippen MR) is 251 cm³/mol. The minimum absolute atomic E-state index is 0.0723. The molecule has 1 atom stereocenters. The van der Waals surface area contributed by atoms with Gasteiger partial charge in [-0.25, -0.2) is 0 Å². The zero-order valence-corrected chi connectivity index (χ0v) is 38.3. The van der Waals surface area contributed by atoms with Gasteiger partial charge >= 0.3 is 11.9 Å². The van der Waals surface area contributed by atoms with E-state index in [1.165, 1.54) is 89.9 Å². The first kappa shape index (κ1) is 55.3. The lowest BCUT2D eigenvalue weighted by atomic mass is 10.1. The van der Waals surface area contributed by atoms with Crippen molar-refractivity contribution >= 4 is 11.9 Å². The Hall–Kier alpha value is -2.66. The van der Waals surface area contributed by atoms with Crippen LogP contribution in [0.3, 0.4) is 0 Å². The average Bonchev–Trinajstić information content (AvgIpc) is 3.22. The van der Waals surface area contributed by atoms with Gasteiger partial charge in [0.05, 0.1) is 6.61 Å². The van der Waals surface area contributed by atoms with Crippen LogP contribution < -0.4 is 0 Å². The Morgan fingerprint density at radius 3 is 1.24 bits per heavy atom. The van der Waals surface area contributed by atoms with E-state index < -0.39 is 6.10 Å². The van der Waals surface area contributed by atoms with Crippen LogP contribution in [0.2, 0.25) is 0 Å². The maximum absolute atomic E-state index is 12.8. The zero-order chi connectivity index (χ0) is 42.1. The molecular weight excluding hydrogens is 717 g/mol. The van der Waals surface area contributed by atoms with Gasteiger partial charge in [0.25, 0.3) is 0 Å². The molecule has 5 nitrogen and oxygen atoms in total. The summed E-state index contributed by atoms with van der Waals surface area (Å²) >= 11 is 0. The molecule has 334 valence electrons. The van der Waals surface area contributed by atoms with Crippen LogP contribution in [0.15, 0.2) is 72.9 Å². The number of allylic oxidation sites excluding steroid dienone is 12. The summed E-state index contributed by atoms with van der Waals surface area (Å²) in [5.74, 6) is -0.426. The topological polar surface area (TPSA) is 61.8 Å². The number of carbonyl (C=O) groups excluding carboxylic acids is 2. The van der Waals surface area contributed by atoms with Crippen molar-refractivity contribution in [3.05, 3.63) is 72.9 Å². The minimum atomic E-state index is -0.548. The summed E-state index contributed by atoms with van der Waals surface area (Å²) in [5, 5.41) is 0. The summed E-state index contributed by atoms with van der Waals surface area (Å²) in [5.41, 5.74) is 0. The zero-order valence-electron chi connectivity index (χ0n) is 38.3.